The van der Waals surface area contributed by atoms with E-state index in [1.54, 1.807) is 29.5 Å². The zero-order chi connectivity index (χ0) is 21.1. The van der Waals surface area contributed by atoms with Crippen molar-refractivity contribution in [1.29, 1.82) is 0 Å². The largest absolute Gasteiger partial charge is 0.478 e. The number of halogens is 1. The molecule has 0 radical (unpaired) electrons. The van der Waals surface area contributed by atoms with Crippen LogP contribution in [-0.4, -0.2) is 39.6 Å². The van der Waals surface area contributed by atoms with Crippen LogP contribution < -0.4 is 10.2 Å². The highest BCUT2D eigenvalue weighted by Gasteiger charge is 2.17. The number of hydrogen-bond acceptors (Lipinski definition) is 5. The summed E-state index contributed by atoms with van der Waals surface area (Å²) in [5.41, 5.74) is 2.13. The first kappa shape index (κ1) is 20.6. The topological polar surface area (TPSA) is 87.5 Å². The predicted molar refractivity (Wildman–Crippen MR) is 121 cm³/mol. The number of piperidine rings is 1. The van der Waals surface area contributed by atoms with Crippen LogP contribution in [0.25, 0.3) is 0 Å². The first-order valence-corrected chi connectivity index (χ1v) is 11.4. The third-order valence-corrected chi connectivity index (χ3v) is 6.37. The maximum atomic E-state index is 12.8. The number of rotatable bonds is 6. The van der Waals surface area contributed by atoms with Gasteiger partial charge in [-0.3, -0.25) is 4.79 Å². The van der Waals surface area contributed by atoms with Crippen molar-refractivity contribution in [1.82, 2.24) is 9.55 Å². The molecular formula is C21H21BrN4O3S. The van der Waals surface area contributed by atoms with Gasteiger partial charge in [0.05, 0.1) is 17.8 Å². The lowest BCUT2D eigenvalue weighted by atomic mass is 10.1. The van der Waals surface area contributed by atoms with Crippen LogP contribution in [-0.2, 0) is 6.54 Å². The molecule has 1 saturated heterocycles. The molecule has 1 aromatic carbocycles. The van der Waals surface area contributed by atoms with Gasteiger partial charge in [-0.25, -0.2) is 9.78 Å². The van der Waals surface area contributed by atoms with Crippen molar-refractivity contribution >= 4 is 50.0 Å². The molecule has 0 unspecified atom stereocenters. The highest BCUT2D eigenvalue weighted by atomic mass is 79.9. The van der Waals surface area contributed by atoms with E-state index < -0.39 is 5.97 Å². The number of benzene rings is 1. The number of hydrogen-bond donors (Lipinski definition) is 2. The summed E-state index contributed by atoms with van der Waals surface area (Å²) < 4.78 is 2.67. The van der Waals surface area contributed by atoms with Gasteiger partial charge in [0, 0.05) is 34.8 Å². The molecule has 1 amide bonds. The predicted octanol–water partition coefficient (Wildman–Crippen LogP) is 4.70. The third-order valence-electron chi connectivity index (χ3n) is 4.98. The molecule has 2 aromatic heterocycles. The number of nitrogens with one attached hydrogen (secondary N) is 1. The second kappa shape index (κ2) is 9.01. The fourth-order valence-electron chi connectivity index (χ4n) is 3.46. The van der Waals surface area contributed by atoms with Crippen LogP contribution in [0.5, 0.6) is 0 Å². The van der Waals surface area contributed by atoms with E-state index >= 15 is 0 Å². The number of carbonyl (C=O) groups is 2. The van der Waals surface area contributed by atoms with Gasteiger partial charge in [0.1, 0.15) is 5.69 Å². The Hall–Kier alpha value is -2.65. The molecule has 0 aliphatic carbocycles. The second-order valence-corrected chi connectivity index (χ2v) is 8.93. The number of anilines is 2. The zero-order valence-corrected chi connectivity index (χ0v) is 18.6. The third kappa shape index (κ3) is 4.73. The number of carbonyl (C=O) groups excluding carboxylic acids is 1. The molecule has 1 aliphatic heterocycles. The van der Waals surface area contributed by atoms with E-state index in [2.05, 4.69) is 26.1 Å². The van der Waals surface area contributed by atoms with Gasteiger partial charge in [-0.15, -0.1) is 11.3 Å². The van der Waals surface area contributed by atoms with Crippen molar-refractivity contribution in [2.45, 2.75) is 25.8 Å². The van der Waals surface area contributed by atoms with Crippen LogP contribution in [0.3, 0.4) is 0 Å². The van der Waals surface area contributed by atoms with Crippen molar-refractivity contribution in [3.8, 4) is 0 Å². The van der Waals surface area contributed by atoms with Gasteiger partial charge >= 0.3 is 5.97 Å². The molecule has 3 aromatic rings. The molecular weight excluding hydrogens is 468 g/mol. The summed E-state index contributed by atoms with van der Waals surface area (Å²) in [5, 5.41) is 14.9. The summed E-state index contributed by atoms with van der Waals surface area (Å²) in [6.07, 6.45) is 5.56. The minimum absolute atomic E-state index is 0.173. The molecule has 30 heavy (non-hydrogen) atoms. The van der Waals surface area contributed by atoms with Gasteiger partial charge in [-0.05, 0) is 65.5 Å². The summed E-state index contributed by atoms with van der Waals surface area (Å²) in [6.45, 7) is 2.60. The first-order valence-electron chi connectivity index (χ1n) is 9.69. The standard InChI is InChI=1S/C21H21BrN4O3S/c22-15-10-18(19(27)23-16-6-4-14(5-7-16)20(28)29)26(11-15)12-17-13-30-21(24-17)25-8-2-1-3-9-25/h4-7,10-11,13H,1-3,8-9,12H2,(H,23,27)(H,28,29). The fraction of sp³-hybridized carbons (Fsp3) is 0.286. The smallest absolute Gasteiger partial charge is 0.335 e. The highest BCUT2D eigenvalue weighted by molar-refractivity contribution is 9.10. The number of thiazole rings is 1. The average Bonchev–Trinajstić information content (AvgIpc) is 3.36. The van der Waals surface area contributed by atoms with Gasteiger partial charge in [-0.2, -0.15) is 0 Å². The Morgan fingerprint density at radius 3 is 2.60 bits per heavy atom. The van der Waals surface area contributed by atoms with Gasteiger partial charge in [0.2, 0.25) is 0 Å². The fourth-order valence-corrected chi connectivity index (χ4v) is 4.80. The Bertz CT molecular complexity index is 1050. The minimum atomic E-state index is -1.00. The van der Waals surface area contributed by atoms with Gasteiger partial charge in [0.25, 0.3) is 5.91 Å². The number of carboxylic acids is 1. The maximum absolute atomic E-state index is 12.8. The van der Waals surface area contributed by atoms with Crippen LogP contribution in [0.2, 0.25) is 0 Å². The number of aromatic nitrogens is 2. The molecule has 0 atom stereocenters. The minimum Gasteiger partial charge on any atom is -0.478 e. The quantitative estimate of drug-likeness (QED) is 0.525. The van der Waals surface area contributed by atoms with Crippen molar-refractivity contribution in [3.63, 3.8) is 0 Å². The highest BCUT2D eigenvalue weighted by Crippen LogP contribution is 2.25. The van der Waals surface area contributed by atoms with Crippen molar-refractivity contribution in [3.05, 3.63) is 63.3 Å². The molecule has 1 aliphatic rings. The van der Waals surface area contributed by atoms with Crippen LogP contribution in [0, 0.1) is 0 Å². The van der Waals surface area contributed by atoms with Gasteiger partial charge < -0.3 is 19.9 Å². The van der Waals surface area contributed by atoms with Gasteiger partial charge in [-0.1, -0.05) is 0 Å². The van der Waals surface area contributed by atoms with Crippen LogP contribution >= 0.6 is 27.3 Å². The van der Waals surface area contributed by atoms with Crippen molar-refractivity contribution in [2.24, 2.45) is 0 Å². The molecule has 4 rings (SSSR count). The van der Waals surface area contributed by atoms with E-state index in [4.69, 9.17) is 10.1 Å². The SMILES string of the molecule is O=C(O)c1ccc(NC(=O)c2cc(Br)cn2Cc2csc(N3CCCCC3)n2)cc1. The lowest BCUT2D eigenvalue weighted by molar-refractivity contribution is 0.0696. The number of nitrogens with zero attached hydrogens (tertiary/aromatic N) is 3. The molecule has 3 heterocycles. The Morgan fingerprint density at radius 1 is 1.17 bits per heavy atom. The molecule has 9 heteroatoms. The maximum Gasteiger partial charge on any atom is 0.335 e. The van der Waals surface area contributed by atoms with Crippen LogP contribution in [0.15, 0.2) is 46.4 Å². The van der Waals surface area contributed by atoms with E-state index in [1.165, 1.54) is 31.4 Å². The van der Waals surface area contributed by atoms with Gasteiger partial charge in [0.15, 0.2) is 5.13 Å². The summed E-state index contributed by atoms with van der Waals surface area (Å²) in [5.74, 6) is -1.27. The van der Waals surface area contributed by atoms with Crippen LogP contribution in [0.1, 0.15) is 45.8 Å². The molecule has 2 N–H and O–H groups in total. The van der Waals surface area contributed by atoms with E-state index in [1.807, 2.05) is 16.1 Å². The Morgan fingerprint density at radius 2 is 1.90 bits per heavy atom. The lowest BCUT2D eigenvalue weighted by Gasteiger charge is -2.25. The van der Waals surface area contributed by atoms with Crippen molar-refractivity contribution < 1.29 is 14.7 Å². The summed E-state index contributed by atoms with van der Waals surface area (Å²) in [6, 6.07) is 7.84. The monoisotopic (exact) mass is 488 g/mol. The van der Waals surface area contributed by atoms with Crippen LogP contribution in [0.4, 0.5) is 10.8 Å². The summed E-state index contributed by atoms with van der Waals surface area (Å²) in [7, 11) is 0. The average molecular weight is 489 g/mol. The zero-order valence-electron chi connectivity index (χ0n) is 16.2. The van der Waals surface area contributed by atoms with E-state index in [0.29, 0.717) is 17.9 Å². The molecule has 1 fully saturated rings. The molecule has 0 bridgehead atoms. The number of aromatic carboxylic acids is 1. The van der Waals surface area contributed by atoms with E-state index in [-0.39, 0.29) is 11.5 Å². The molecule has 0 spiro atoms. The summed E-state index contributed by atoms with van der Waals surface area (Å²) >= 11 is 5.10. The Kier molecular flexibility index (Phi) is 6.19. The Balaban J connectivity index is 1.47. The molecule has 0 saturated carbocycles. The number of amides is 1. The second-order valence-electron chi connectivity index (χ2n) is 7.18. The van der Waals surface area contributed by atoms with E-state index in [9.17, 15) is 9.59 Å². The summed E-state index contributed by atoms with van der Waals surface area (Å²) in [4.78, 5) is 30.9. The normalized spacial score (nSPS) is 14.0. The Labute approximate surface area is 186 Å². The molecule has 156 valence electrons. The first-order chi connectivity index (χ1) is 14.5. The van der Waals surface area contributed by atoms with Crippen molar-refractivity contribution in [2.75, 3.05) is 23.3 Å². The number of carboxylic acid groups (broad SMARTS) is 1. The molecule has 7 nitrogen and oxygen atoms in total. The lowest BCUT2D eigenvalue weighted by Crippen LogP contribution is -2.29. The van der Waals surface area contributed by atoms with E-state index in [0.717, 1.165) is 28.4 Å².